The van der Waals surface area contributed by atoms with Gasteiger partial charge in [0.2, 0.25) is 10.0 Å². The molecule has 1 aromatic rings. The lowest BCUT2D eigenvalue weighted by atomic mass is 9.96. The molecule has 1 saturated heterocycles. The standard InChI is InChI=1S/C14H20N2O4S/c1-2-20-14(17)11-6-8-16(9-7-11)12-4-3-5-13(10-12)21(15,18)19/h3-5,10-11H,2,6-9H2,1H3,(H2,15,18,19). The zero-order valence-corrected chi connectivity index (χ0v) is 12.8. The van der Waals surface area contributed by atoms with Crippen LogP contribution in [0.2, 0.25) is 0 Å². The van der Waals surface area contributed by atoms with Gasteiger partial charge >= 0.3 is 5.97 Å². The second kappa shape index (κ2) is 6.44. The SMILES string of the molecule is CCOC(=O)C1CCN(c2cccc(S(N)(=O)=O)c2)CC1. The maximum absolute atomic E-state index is 11.7. The minimum Gasteiger partial charge on any atom is -0.466 e. The molecule has 1 fully saturated rings. The van der Waals surface area contributed by atoms with E-state index in [1.165, 1.54) is 6.07 Å². The van der Waals surface area contributed by atoms with Gasteiger partial charge in [0.15, 0.2) is 0 Å². The van der Waals surface area contributed by atoms with Crippen molar-refractivity contribution in [1.29, 1.82) is 0 Å². The summed E-state index contributed by atoms with van der Waals surface area (Å²) in [5.74, 6) is -0.210. The number of hydrogen-bond donors (Lipinski definition) is 1. The molecule has 0 spiro atoms. The number of nitrogens with two attached hydrogens (primary N) is 1. The van der Waals surface area contributed by atoms with Crippen LogP contribution in [0.3, 0.4) is 0 Å². The van der Waals surface area contributed by atoms with E-state index in [1.807, 2.05) is 6.07 Å². The third-order valence-electron chi connectivity index (χ3n) is 3.63. The molecule has 0 unspecified atom stereocenters. The van der Waals surface area contributed by atoms with Crippen LogP contribution in [-0.4, -0.2) is 34.1 Å². The van der Waals surface area contributed by atoms with Crippen LogP contribution in [0, 0.1) is 5.92 Å². The molecule has 0 saturated carbocycles. The van der Waals surface area contributed by atoms with Crippen LogP contribution < -0.4 is 10.0 Å². The Labute approximate surface area is 124 Å². The van der Waals surface area contributed by atoms with E-state index in [0.29, 0.717) is 32.5 Å². The van der Waals surface area contributed by atoms with Gasteiger partial charge in [0, 0.05) is 18.8 Å². The third-order valence-corrected chi connectivity index (χ3v) is 4.54. The Bertz CT molecular complexity index is 607. The van der Waals surface area contributed by atoms with Crippen LogP contribution in [-0.2, 0) is 19.6 Å². The molecule has 0 amide bonds. The van der Waals surface area contributed by atoms with E-state index in [4.69, 9.17) is 9.88 Å². The molecule has 0 bridgehead atoms. The lowest BCUT2D eigenvalue weighted by molar-refractivity contribution is -0.148. The average Bonchev–Trinajstić information content (AvgIpc) is 2.47. The molecule has 0 aromatic heterocycles. The number of piperidine rings is 1. The molecule has 1 aromatic carbocycles. The molecule has 0 aliphatic carbocycles. The number of ether oxygens (including phenoxy) is 1. The molecular formula is C14H20N2O4S. The second-order valence-electron chi connectivity index (χ2n) is 5.06. The topological polar surface area (TPSA) is 89.7 Å². The largest absolute Gasteiger partial charge is 0.466 e. The maximum atomic E-state index is 11.7. The van der Waals surface area contributed by atoms with Crippen molar-refractivity contribution in [2.75, 3.05) is 24.6 Å². The lowest BCUT2D eigenvalue weighted by Gasteiger charge is -2.32. The van der Waals surface area contributed by atoms with E-state index in [2.05, 4.69) is 4.90 Å². The number of nitrogens with zero attached hydrogens (tertiary/aromatic N) is 1. The Balaban J connectivity index is 2.04. The van der Waals surface area contributed by atoms with Crippen molar-refractivity contribution in [1.82, 2.24) is 0 Å². The minimum atomic E-state index is -3.70. The molecule has 1 heterocycles. The highest BCUT2D eigenvalue weighted by molar-refractivity contribution is 7.89. The van der Waals surface area contributed by atoms with Crippen molar-refractivity contribution in [3.63, 3.8) is 0 Å². The predicted octanol–water partition coefficient (Wildman–Crippen LogP) is 1.11. The summed E-state index contributed by atoms with van der Waals surface area (Å²) in [5, 5.41) is 5.14. The summed E-state index contributed by atoms with van der Waals surface area (Å²) in [6.07, 6.45) is 1.41. The van der Waals surface area contributed by atoms with Crippen molar-refractivity contribution in [2.24, 2.45) is 11.1 Å². The molecule has 6 nitrogen and oxygen atoms in total. The molecule has 0 radical (unpaired) electrons. The first kappa shape index (κ1) is 15.8. The second-order valence-corrected chi connectivity index (χ2v) is 6.62. The number of esters is 1. The van der Waals surface area contributed by atoms with Gasteiger partial charge in [-0.3, -0.25) is 4.79 Å². The molecule has 1 aliphatic rings. The first-order chi connectivity index (χ1) is 9.91. The van der Waals surface area contributed by atoms with Gasteiger partial charge in [-0.25, -0.2) is 13.6 Å². The van der Waals surface area contributed by atoms with Gasteiger partial charge in [0.1, 0.15) is 0 Å². The summed E-state index contributed by atoms with van der Waals surface area (Å²) < 4.78 is 27.8. The van der Waals surface area contributed by atoms with E-state index < -0.39 is 10.0 Å². The first-order valence-electron chi connectivity index (χ1n) is 6.96. The third kappa shape index (κ3) is 3.95. The zero-order chi connectivity index (χ0) is 15.5. The molecule has 116 valence electrons. The molecular weight excluding hydrogens is 292 g/mol. The normalized spacial score (nSPS) is 16.8. The molecule has 2 N–H and O–H groups in total. The molecule has 2 rings (SSSR count). The Hall–Kier alpha value is -1.60. The monoisotopic (exact) mass is 312 g/mol. The average molecular weight is 312 g/mol. The summed E-state index contributed by atoms with van der Waals surface area (Å²) in [4.78, 5) is 13.9. The van der Waals surface area contributed by atoms with Gasteiger partial charge < -0.3 is 9.64 Å². The van der Waals surface area contributed by atoms with Crippen molar-refractivity contribution in [3.05, 3.63) is 24.3 Å². The summed E-state index contributed by atoms with van der Waals surface area (Å²) in [5.41, 5.74) is 0.809. The summed E-state index contributed by atoms with van der Waals surface area (Å²) in [6, 6.07) is 6.57. The van der Waals surface area contributed by atoms with Gasteiger partial charge in [-0.2, -0.15) is 0 Å². The van der Waals surface area contributed by atoms with Gasteiger partial charge in [0.25, 0.3) is 0 Å². The quantitative estimate of drug-likeness (QED) is 0.841. The van der Waals surface area contributed by atoms with Crippen LogP contribution in [0.4, 0.5) is 5.69 Å². The Kier molecular flexibility index (Phi) is 4.84. The van der Waals surface area contributed by atoms with Crippen LogP contribution in [0.5, 0.6) is 0 Å². The number of carbonyl (C=O) groups is 1. The predicted molar refractivity (Wildman–Crippen MR) is 79.4 cm³/mol. The summed E-state index contributed by atoms with van der Waals surface area (Å²) in [7, 11) is -3.70. The van der Waals surface area contributed by atoms with Crippen molar-refractivity contribution in [2.45, 2.75) is 24.7 Å². The van der Waals surface area contributed by atoms with E-state index in [0.717, 1.165) is 5.69 Å². The Morgan fingerprint density at radius 2 is 2.05 bits per heavy atom. The smallest absolute Gasteiger partial charge is 0.309 e. The van der Waals surface area contributed by atoms with Gasteiger partial charge in [-0.1, -0.05) is 6.07 Å². The fourth-order valence-electron chi connectivity index (χ4n) is 2.49. The van der Waals surface area contributed by atoms with Crippen LogP contribution in [0.1, 0.15) is 19.8 Å². The van der Waals surface area contributed by atoms with Crippen molar-refractivity contribution >= 4 is 21.7 Å². The van der Waals surface area contributed by atoms with Crippen LogP contribution in [0.15, 0.2) is 29.2 Å². The van der Waals surface area contributed by atoms with Crippen molar-refractivity contribution < 1.29 is 17.9 Å². The molecule has 0 atom stereocenters. The van der Waals surface area contributed by atoms with Crippen LogP contribution in [0.25, 0.3) is 0 Å². The van der Waals surface area contributed by atoms with Crippen LogP contribution >= 0.6 is 0 Å². The number of benzene rings is 1. The zero-order valence-electron chi connectivity index (χ0n) is 12.0. The number of sulfonamides is 1. The van der Waals surface area contributed by atoms with Gasteiger partial charge in [-0.15, -0.1) is 0 Å². The summed E-state index contributed by atoms with van der Waals surface area (Å²) >= 11 is 0. The molecule has 21 heavy (non-hydrogen) atoms. The number of carbonyl (C=O) groups excluding carboxylic acids is 1. The first-order valence-corrected chi connectivity index (χ1v) is 8.51. The highest BCUT2D eigenvalue weighted by Gasteiger charge is 2.26. The maximum Gasteiger partial charge on any atom is 0.309 e. The van der Waals surface area contributed by atoms with E-state index in [1.54, 1.807) is 19.1 Å². The minimum absolute atomic E-state index is 0.0670. The number of anilines is 1. The lowest BCUT2D eigenvalue weighted by Crippen LogP contribution is -2.37. The van der Waals surface area contributed by atoms with E-state index >= 15 is 0 Å². The van der Waals surface area contributed by atoms with E-state index in [9.17, 15) is 13.2 Å². The molecule has 7 heteroatoms. The number of primary sulfonamides is 1. The Morgan fingerprint density at radius 1 is 1.38 bits per heavy atom. The number of rotatable bonds is 4. The summed E-state index contributed by atoms with van der Waals surface area (Å²) in [6.45, 7) is 3.58. The molecule has 1 aliphatic heterocycles. The van der Waals surface area contributed by atoms with Gasteiger partial charge in [0.05, 0.1) is 17.4 Å². The van der Waals surface area contributed by atoms with Crippen molar-refractivity contribution in [3.8, 4) is 0 Å². The highest BCUT2D eigenvalue weighted by Crippen LogP contribution is 2.25. The van der Waals surface area contributed by atoms with Gasteiger partial charge in [-0.05, 0) is 38.0 Å². The number of hydrogen-bond acceptors (Lipinski definition) is 5. The fraction of sp³-hybridized carbons (Fsp3) is 0.500. The Morgan fingerprint density at radius 3 is 2.62 bits per heavy atom. The fourth-order valence-corrected chi connectivity index (χ4v) is 3.04. The van der Waals surface area contributed by atoms with E-state index in [-0.39, 0.29) is 16.8 Å². The highest BCUT2D eigenvalue weighted by atomic mass is 32.2.